The van der Waals surface area contributed by atoms with Crippen molar-refractivity contribution in [2.45, 2.75) is 24.5 Å². The van der Waals surface area contributed by atoms with E-state index in [1.807, 2.05) is 30.3 Å². The minimum Gasteiger partial charge on any atom is -0.489 e. The molecule has 0 unspecified atom stereocenters. The minimum absolute atomic E-state index is 0. The van der Waals surface area contributed by atoms with Crippen LogP contribution in [0.25, 0.3) is 0 Å². The van der Waals surface area contributed by atoms with E-state index in [0.29, 0.717) is 23.2 Å². The molecule has 0 aliphatic carbocycles. The van der Waals surface area contributed by atoms with E-state index in [1.165, 1.54) is 12.1 Å². The Balaban J connectivity index is 0.00000341. The summed E-state index contributed by atoms with van der Waals surface area (Å²) in [5.74, 6) is 0.763. The fourth-order valence-electron chi connectivity index (χ4n) is 2.86. The Labute approximate surface area is 199 Å². The molecule has 0 radical (unpaired) electrons. The first kappa shape index (κ1) is 25.5. The Morgan fingerprint density at radius 3 is 2.35 bits per heavy atom. The first-order valence-electron chi connectivity index (χ1n) is 9.29. The highest BCUT2D eigenvalue weighted by Crippen LogP contribution is 2.23. The Kier molecular flexibility index (Phi) is 9.62. The average Bonchev–Trinajstić information content (AvgIpc) is 2.71. The third kappa shape index (κ3) is 8.00. The van der Waals surface area contributed by atoms with Crippen LogP contribution in [0.4, 0.5) is 0 Å². The molecule has 0 saturated heterocycles. The lowest BCUT2D eigenvalue weighted by Crippen LogP contribution is -2.17. The van der Waals surface area contributed by atoms with Crippen molar-refractivity contribution in [3.8, 4) is 5.75 Å². The molecule has 31 heavy (non-hydrogen) atoms. The van der Waals surface area contributed by atoms with E-state index in [0.717, 1.165) is 35.4 Å². The molecule has 9 heteroatoms. The van der Waals surface area contributed by atoms with Crippen molar-refractivity contribution in [2.24, 2.45) is 5.14 Å². The first-order chi connectivity index (χ1) is 14.3. The van der Waals surface area contributed by atoms with E-state index in [4.69, 9.17) is 33.1 Å². The van der Waals surface area contributed by atoms with Crippen LogP contribution in [0.15, 0.2) is 71.6 Å². The maximum absolute atomic E-state index is 11.3. The van der Waals surface area contributed by atoms with Crippen molar-refractivity contribution in [3.63, 3.8) is 0 Å². The fraction of sp³-hybridized carbons (Fsp3) is 0.182. The van der Waals surface area contributed by atoms with Crippen LogP contribution in [-0.2, 0) is 29.6 Å². The molecule has 3 aromatic carbocycles. The maximum Gasteiger partial charge on any atom is 0.238 e. The van der Waals surface area contributed by atoms with Gasteiger partial charge >= 0.3 is 0 Å². The molecular formula is C22H23Cl3N2O3S. The highest BCUT2D eigenvalue weighted by atomic mass is 35.5. The summed E-state index contributed by atoms with van der Waals surface area (Å²) in [6.07, 6.45) is 0.774. The smallest absolute Gasteiger partial charge is 0.238 e. The monoisotopic (exact) mass is 500 g/mol. The second-order valence-electron chi connectivity index (χ2n) is 6.79. The molecule has 3 rings (SSSR count). The highest BCUT2D eigenvalue weighted by Gasteiger charge is 2.07. The van der Waals surface area contributed by atoms with Crippen molar-refractivity contribution in [1.29, 1.82) is 0 Å². The molecule has 0 amide bonds. The number of halogens is 3. The van der Waals surface area contributed by atoms with Gasteiger partial charge in [-0.05, 0) is 60.5 Å². The zero-order chi connectivity index (χ0) is 21.6. The van der Waals surface area contributed by atoms with Crippen molar-refractivity contribution < 1.29 is 13.2 Å². The minimum atomic E-state index is -3.65. The Morgan fingerprint density at radius 1 is 0.935 bits per heavy atom. The number of primary sulfonamides is 1. The summed E-state index contributed by atoms with van der Waals surface area (Å²) < 4.78 is 28.4. The summed E-state index contributed by atoms with van der Waals surface area (Å²) in [6, 6.07) is 19.8. The van der Waals surface area contributed by atoms with Crippen LogP contribution in [0.1, 0.15) is 16.7 Å². The van der Waals surface area contributed by atoms with Gasteiger partial charge < -0.3 is 10.1 Å². The first-order valence-corrected chi connectivity index (χ1v) is 11.6. The lowest BCUT2D eigenvalue weighted by atomic mass is 10.1. The summed E-state index contributed by atoms with van der Waals surface area (Å²) in [5.41, 5.74) is 3.00. The molecule has 0 aliphatic rings. The molecule has 0 heterocycles. The number of rotatable bonds is 9. The molecule has 166 valence electrons. The fourth-order valence-corrected chi connectivity index (χ4v) is 3.83. The van der Waals surface area contributed by atoms with Crippen LogP contribution in [0.5, 0.6) is 5.75 Å². The number of nitrogens with one attached hydrogen (secondary N) is 1. The number of sulfonamides is 1. The largest absolute Gasteiger partial charge is 0.489 e. The van der Waals surface area contributed by atoms with Gasteiger partial charge in [0.05, 0.1) is 4.90 Å². The van der Waals surface area contributed by atoms with Crippen LogP contribution in [0.3, 0.4) is 0 Å². The zero-order valence-electron chi connectivity index (χ0n) is 16.6. The van der Waals surface area contributed by atoms with Crippen LogP contribution in [0.2, 0.25) is 10.0 Å². The lowest BCUT2D eigenvalue weighted by Gasteiger charge is -2.10. The van der Waals surface area contributed by atoms with Gasteiger partial charge in [0.25, 0.3) is 0 Å². The average molecular weight is 502 g/mol. The number of ether oxygens (including phenoxy) is 1. The van der Waals surface area contributed by atoms with E-state index in [1.54, 1.807) is 24.3 Å². The summed E-state index contributed by atoms with van der Waals surface area (Å²) in [6.45, 7) is 1.80. The number of benzene rings is 3. The second kappa shape index (κ2) is 11.7. The molecule has 0 aliphatic heterocycles. The van der Waals surface area contributed by atoms with Crippen molar-refractivity contribution in [3.05, 3.63) is 93.5 Å². The van der Waals surface area contributed by atoms with Crippen molar-refractivity contribution in [1.82, 2.24) is 5.32 Å². The Bertz CT molecular complexity index is 1110. The molecule has 0 saturated carbocycles. The second-order valence-corrected chi connectivity index (χ2v) is 9.19. The molecule has 5 nitrogen and oxygen atoms in total. The van der Waals surface area contributed by atoms with Crippen LogP contribution < -0.4 is 15.2 Å². The Morgan fingerprint density at radius 2 is 1.68 bits per heavy atom. The molecule has 3 aromatic rings. The van der Waals surface area contributed by atoms with Gasteiger partial charge in [0.15, 0.2) is 0 Å². The van der Waals surface area contributed by atoms with Gasteiger partial charge in [0, 0.05) is 22.2 Å². The quantitative estimate of drug-likeness (QED) is 0.405. The number of nitrogens with two attached hydrogens (primary N) is 1. The maximum atomic E-state index is 11.3. The summed E-state index contributed by atoms with van der Waals surface area (Å²) in [5, 5.41) is 9.66. The van der Waals surface area contributed by atoms with Gasteiger partial charge in [-0.25, -0.2) is 13.6 Å². The standard InChI is InChI=1S/C22H22Cl2N2O3S.ClH/c23-19-7-6-18(22(24)13-19)15-29-20-3-1-2-17(12-20)14-26-11-10-16-4-8-21(9-5-16)30(25,27)28;/h1-9,12-13,26H,10-11,14-15H2,(H2,25,27,28);1H. The summed E-state index contributed by atoms with van der Waals surface area (Å²) in [7, 11) is -3.65. The number of hydrogen-bond acceptors (Lipinski definition) is 4. The van der Waals surface area contributed by atoms with Gasteiger partial charge in [-0.15, -0.1) is 12.4 Å². The zero-order valence-corrected chi connectivity index (χ0v) is 19.7. The van der Waals surface area contributed by atoms with Crippen LogP contribution in [0, 0.1) is 0 Å². The molecule has 0 atom stereocenters. The summed E-state index contributed by atoms with van der Waals surface area (Å²) >= 11 is 12.1. The van der Waals surface area contributed by atoms with E-state index in [-0.39, 0.29) is 17.3 Å². The molecular weight excluding hydrogens is 479 g/mol. The Hall–Kier alpha value is -1.80. The van der Waals surface area contributed by atoms with Gasteiger partial charge in [-0.2, -0.15) is 0 Å². The third-order valence-corrected chi connectivity index (χ3v) is 6.00. The summed E-state index contributed by atoms with van der Waals surface area (Å²) in [4.78, 5) is 0.121. The van der Waals surface area contributed by atoms with E-state index in [2.05, 4.69) is 5.32 Å². The molecule has 0 fully saturated rings. The van der Waals surface area contributed by atoms with E-state index >= 15 is 0 Å². The molecule has 0 spiro atoms. The van der Waals surface area contributed by atoms with Crippen LogP contribution >= 0.6 is 35.6 Å². The lowest BCUT2D eigenvalue weighted by molar-refractivity contribution is 0.306. The molecule has 0 bridgehead atoms. The normalized spacial score (nSPS) is 11.1. The highest BCUT2D eigenvalue weighted by molar-refractivity contribution is 7.89. The van der Waals surface area contributed by atoms with E-state index in [9.17, 15) is 8.42 Å². The SMILES string of the molecule is Cl.NS(=O)(=O)c1ccc(CCNCc2cccc(OCc3ccc(Cl)cc3Cl)c2)cc1. The topological polar surface area (TPSA) is 81.4 Å². The third-order valence-electron chi connectivity index (χ3n) is 4.48. The van der Waals surface area contributed by atoms with Gasteiger partial charge in [-0.3, -0.25) is 0 Å². The van der Waals surface area contributed by atoms with Crippen LogP contribution in [-0.4, -0.2) is 15.0 Å². The van der Waals surface area contributed by atoms with Gasteiger partial charge in [0.2, 0.25) is 10.0 Å². The van der Waals surface area contributed by atoms with Gasteiger partial charge in [-0.1, -0.05) is 53.5 Å². The molecule has 0 aromatic heterocycles. The predicted octanol–water partition coefficient (Wildman–Crippen LogP) is 4.97. The van der Waals surface area contributed by atoms with Crippen molar-refractivity contribution >= 4 is 45.6 Å². The molecule has 3 N–H and O–H groups in total. The number of hydrogen-bond donors (Lipinski definition) is 2. The van der Waals surface area contributed by atoms with Gasteiger partial charge in [0.1, 0.15) is 12.4 Å². The predicted molar refractivity (Wildman–Crippen MR) is 128 cm³/mol. The van der Waals surface area contributed by atoms with Crippen molar-refractivity contribution in [2.75, 3.05) is 6.54 Å². The van der Waals surface area contributed by atoms with E-state index < -0.39 is 10.0 Å².